The van der Waals surface area contributed by atoms with Crippen LogP contribution in [0.1, 0.15) is 31.1 Å². The fourth-order valence-electron chi connectivity index (χ4n) is 2.38. The standard InChI is InChI=1S/C20H21NO6S/c1-25-8-9-28-17-7-5-4-6-16(17)18(22)21-15-11-13(19(23)26-2)10-14(12-15)20(24)27-3/h4-7,10-12H,8-9H2,1-3H3,(H,21,22). The van der Waals surface area contributed by atoms with Gasteiger partial charge in [0.15, 0.2) is 0 Å². The zero-order valence-corrected chi connectivity index (χ0v) is 16.6. The lowest BCUT2D eigenvalue weighted by Gasteiger charge is -2.12. The second kappa shape index (κ2) is 10.5. The highest BCUT2D eigenvalue weighted by Crippen LogP contribution is 2.24. The number of benzene rings is 2. The molecule has 1 amide bonds. The number of amides is 1. The average Bonchev–Trinajstić information content (AvgIpc) is 2.72. The van der Waals surface area contributed by atoms with Crippen molar-refractivity contribution in [2.45, 2.75) is 4.90 Å². The first kappa shape index (κ1) is 21.5. The van der Waals surface area contributed by atoms with Crippen LogP contribution in [0.25, 0.3) is 0 Å². The van der Waals surface area contributed by atoms with Gasteiger partial charge in [0.2, 0.25) is 0 Å². The molecule has 148 valence electrons. The number of carbonyl (C=O) groups excluding carboxylic acids is 3. The Labute approximate surface area is 167 Å². The van der Waals surface area contributed by atoms with Gasteiger partial charge in [-0.25, -0.2) is 9.59 Å². The van der Waals surface area contributed by atoms with Crippen molar-refractivity contribution in [3.05, 3.63) is 59.2 Å². The van der Waals surface area contributed by atoms with E-state index in [4.69, 9.17) is 14.2 Å². The summed E-state index contributed by atoms with van der Waals surface area (Å²) >= 11 is 1.50. The van der Waals surface area contributed by atoms with E-state index in [1.165, 1.54) is 44.2 Å². The third kappa shape index (κ3) is 5.58. The maximum Gasteiger partial charge on any atom is 0.337 e. The number of rotatable bonds is 8. The molecule has 2 rings (SSSR count). The Morgan fingerprint density at radius 2 is 1.54 bits per heavy atom. The van der Waals surface area contributed by atoms with Gasteiger partial charge >= 0.3 is 11.9 Å². The number of hydrogen-bond acceptors (Lipinski definition) is 7. The molecule has 0 fully saturated rings. The van der Waals surface area contributed by atoms with Gasteiger partial charge in [-0.2, -0.15) is 0 Å². The Hall–Kier alpha value is -2.84. The molecule has 0 aromatic heterocycles. The minimum absolute atomic E-state index is 0.128. The van der Waals surface area contributed by atoms with Crippen LogP contribution in [0.2, 0.25) is 0 Å². The Morgan fingerprint density at radius 3 is 2.11 bits per heavy atom. The van der Waals surface area contributed by atoms with Crippen LogP contribution < -0.4 is 5.32 Å². The van der Waals surface area contributed by atoms with Crippen LogP contribution in [0.5, 0.6) is 0 Å². The predicted molar refractivity (Wildman–Crippen MR) is 106 cm³/mol. The lowest BCUT2D eigenvalue weighted by atomic mass is 10.1. The van der Waals surface area contributed by atoms with E-state index in [0.29, 0.717) is 17.9 Å². The van der Waals surface area contributed by atoms with Gasteiger partial charge in [0.05, 0.1) is 37.5 Å². The summed E-state index contributed by atoms with van der Waals surface area (Å²) in [6, 6.07) is 11.4. The van der Waals surface area contributed by atoms with E-state index < -0.39 is 11.9 Å². The van der Waals surface area contributed by atoms with Crippen LogP contribution in [0.15, 0.2) is 47.4 Å². The van der Waals surface area contributed by atoms with Crippen LogP contribution in [0.3, 0.4) is 0 Å². The summed E-state index contributed by atoms with van der Waals surface area (Å²) in [4.78, 5) is 37.3. The lowest BCUT2D eigenvalue weighted by molar-refractivity contribution is 0.0599. The largest absolute Gasteiger partial charge is 0.465 e. The molecule has 7 nitrogen and oxygen atoms in total. The summed E-state index contributed by atoms with van der Waals surface area (Å²) in [5.41, 5.74) is 1.02. The van der Waals surface area contributed by atoms with Crippen LogP contribution in [0, 0.1) is 0 Å². The second-order valence-electron chi connectivity index (χ2n) is 5.57. The molecule has 28 heavy (non-hydrogen) atoms. The Morgan fingerprint density at radius 1 is 0.929 bits per heavy atom. The van der Waals surface area contributed by atoms with Gasteiger partial charge < -0.3 is 19.5 Å². The number of thioether (sulfide) groups is 1. The summed E-state index contributed by atoms with van der Waals surface area (Å²) in [5.74, 6) is -0.919. The molecule has 1 N–H and O–H groups in total. The normalized spacial score (nSPS) is 10.2. The first-order valence-corrected chi connectivity index (χ1v) is 9.32. The SMILES string of the molecule is COCCSc1ccccc1C(=O)Nc1cc(C(=O)OC)cc(C(=O)OC)c1. The van der Waals surface area contributed by atoms with Gasteiger partial charge in [-0.3, -0.25) is 4.79 Å². The Balaban J connectivity index is 2.30. The maximum atomic E-state index is 12.8. The molecule has 0 aliphatic rings. The van der Waals surface area contributed by atoms with Crippen LogP contribution in [0.4, 0.5) is 5.69 Å². The van der Waals surface area contributed by atoms with Crippen molar-refractivity contribution in [3.63, 3.8) is 0 Å². The number of carbonyl (C=O) groups is 3. The predicted octanol–water partition coefficient (Wildman–Crippen LogP) is 3.25. The third-order valence-electron chi connectivity index (χ3n) is 3.71. The number of anilines is 1. The summed E-state index contributed by atoms with van der Waals surface area (Å²) in [7, 11) is 4.09. The number of ether oxygens (including phenoxy) is 3. The van der Waals surface area contributed by atoms with E-state index in [1.807, 2.05) is 12.1 Å². The highest BCUT2D eigenvalue weighted by atomic mass is 32.2. The quantitative estimate of drug-likeness (QED) is 0.411. The van der Waals surface area contributed by atoms with Crippen molar-refractivity contribution in [1.82, 2.24) is 0 Å². The lowest BCUT2D eigenvalue weighted by Crippen LogP contribution is -2.15. The molecule has 0 saturated carbocycles. The zero-order valence-electron chi connectivity index (χ0n) is 15.8. The van der Waals surface area contributed by atoms with Gasteiger partial charge in [0.1, 0.15) is 0 Å². The second-order valence-corrected chi connectivity index (χ2v) is 6.71. The topological polar surface area (TPSA) is 90.9 Å². The Bertz CT molecular complexity index is 833. The van der Waals surface area contributed by atoms with E-state index >= 15 is 0 Å². The molecule has 8 heteroatoms. The first-order valence-electron chi connectivity index (χ1n) is 8.34. The van der Waals surface area contributed by atoms with Crippen LogP contribution in [-0.4, -0.2) is 51.5 Å². The van der Waals surface area contributed by atoms with Gasteiger partial charge in [-0.15, -0.1) is 11.8 Å². The van der Waals surface area contributed by atoms with Crippen molar-refractivity contribution in [3.8, 4) is 0 Å². The number of methoxy groups -OCH3 is 3. The first-order chi connectivity index (χ1) is 13.5. The Kier molecular flexibility index (Phi) is 8.03. The molecule has 0 heterocycles. The molecule has 2 aromatic rings. The summed E-state index contributed by atoms with van der Waals surface area (Å²) in [6.45, 7) is 0.560. The molecule has 0 radical (unpaired) electrons. The van der Waals surface area contributed by atoms with Crippen molar-refractivity contribution < 1.29 is 28.6 Å². The summed E-state index contributed by atoms with van der Waals surface area (Å²) < 4.78 is 14.5. The van der Waals surface area contributed by atoms with Crippen molar-refractivity contribution in [1.29, 1.82) is 0 Å². The zero-order chi connectivity index (χ0) is 20.5. The summed E-state index contributed by atoms with van der Waals surface area (Å²) in [5, 5.41) is 2.73. The molecule has 2 aromatic carbocycles. The highest BCUT2D eigenvalue weighted by molar-refractivity contribution is 7.99. The van der Waals surface area contributed by atoms with Gasteiger partial charge in [0.25, 0.3) is 5.91 Å². The molecule has 0 aliphatic carbocycles. The minimum atomic E-state index is -0.628. The molecular weight excluding hydrogens is 382 g/mol. The summed E-state index contributed by atoms with van der Waals surface area (Å²) in [6.07, 6.45) is 0. The van der Waals surface area contributed by atoms with Gasteiger partial charge in [-0.05, 0) is 30.3 Å². The molecule has 0 atom stereocenters. The molecule has 0 aliphatic heterocycles. The third-order valence-corrected chi connectivity index (χ3v) is 4.75. The van der Waals surface area contributed by atoms with Crippen LogP contribution in [-0.2, 0) is 14.2 Å². The van der Waals surface area contributed by atoms with Gasteiger partial charge in [0, 0.05) is 23.4 Å². The minimum Gasteiger partial charge on any atom is -0.465 e. The van der Waals surface area contributed by atoms with Crippen molar-refractivity contribution >= 4 is 35.3 Å². The monoisotopic (exact) mass is 403 g/mol. The smallest absolute Gasteiger partial charge is 0.337 e. The van der Waals surface area contributed by atoms with Crippen molar-refractivity contribution in [2.24, 2.45) is 0 Å². The molecule has 0 spiro atoms. The van der Waals surface area contributed by atoms with Crippen LogP contribution >= 0.6 is 11.8 Å². The van der Waals surface area contributed by atoms with E-state index in [9.17, 15) is 14.4 Å². The molecular formula is C20H21NO6S. The number of esters is 2. The maximum absolute atomic E-state index is 12.8. The fourth-order valence-corrected chi connectivity index (χ4v) is 3.35. The van der Waals surface area contributed by atoms with E-state index in [2.05, 4.69) is 5.32 Å². The number of nitrogens with one attached hydrogen (secondary N) is 1. The molecule has 0 unspecified atom stereocenters. The van der Waals surface area contributed by atoms with E-state index in [1.54, 1.807) is 19.2 Å². The molecule has 0 saturated heterocycles. The van der Waals surface area contributed by atoms with Gasteiger partial charge in [-0.1, -0.05) is 12.1 Å². The highest BCUT2D eigenvalue weighted by Gasteiger charge is 2.17. The average molecular weight is 403 g/mol. The van der Waals surface area contributed by atoms with E-state index in [-0.39, 0.29) is 22.7 Å². The fraction of sp³-hybridized carbons (Fsp3) is 0.250. The number of hydrogen-bond donors (Lipinski definition) is 1. The van der Waals surface area contributed by atoms with Crippen molar-refractivity contribution in [2.75, 3.05) is 39.0 Å². The van der Waals surface area contributed by atoms with E-state index in [0.717, 1.165) is 4.90 Å². The molecule has 0 bridgehead atoms.